The highest BCUT2D eigenvalue weighted by atomic mass is 32.2. The molecule has 0 radical (unpaired) electrons. The minimum absolute atomic E-state index is 0.0124. The minimum Gasteiger partial charge on any atom is -0.308 e. The Morgan fingerprint density at radius 3 is 2.85 bits per heavy atom. The van der Waals surface area contributed by atoms with Gasteiger partial charge in [-0.25, -0.2) is 10.8 Å². The van der Waals surface area contributed by atoms with Crippen LogP contribution >= 0.6 is 11.8 Å². The lowest BCUT2D eigenvalue weighted by Crippen LogP contribution is -2.09. The number of nitro groups is 1. The van der Waals surface area contributed by atoms with Crippen molar-refractivity contribution in [2.75, 3.05) is 5.43 Å². The third-order valence-corrected chi connectivity index (χ3v) is 3.69. The smallest absolute Gasteiger partial charge is 0.301 e. The number of benzene rings is 1. The van der Waals surface area contributed by atoms with Crippen LogP contribution in [-0.4, -0.2) is 9.91 Å². The normalized spacial score (nSPS) is 10.3. The molecule has 2 aromatic rings. The van der Waals surface area contributed by atoms with E-state index < -0.39 is 4.92 Å². The Kier molecular flexibility index (Phi) is 4.54. The summed E-state index contributed by atoms with van der Waals surface area (Å²) in [4.78, 5) is 14.7. The molecule has 0 fully saturated rings. The fourth-order valence-corrected chi connectivity index (χ4v) is 2.65. The molecule has 0 bridgehead atoms. The summed E-state index contributed by atoms with van der Waals surface area (Å²) in [6, 6.07) is 10.9. The average molecular weight is 290 g/mol. The summed E-state index contributed by atoms with van der Waals surface area (Å²) in [6.07, 6.45) is 0. The molecule has 0 aliphatic carbocycles. The molecule has 1 aromatic carbocycles. The van der Waals surface area contributed by atoms with E-state index in [4.69, 9.17) is 5.84 Å². The molecule has 3 N–H and O–H groups in total. The van der Waals surface area contributed by atoms with Crippen LogP contribution in [0.1, 0.15) is 11.1 Å². The predicted molar refractivity (Wildman–Crippen MR) is 79.4 cm³/mol. The second kappa shape index (κ2) is 6.36. The van der Waals surface area contributed by atoms with E-state index in [9.17, 15) is 10.1 Å². The maximum atomic E-state index is 11.0. The van der Waals surface area contributed by atoms with Gasteiger partial charge in [0.1, 0.15) is 5.82 Å². The van der Waals surface area contributed by atoms with Gasteiger partial charge in [0.15, 0.2) is 5.03 Å². The molecule has 0 saturated carbocycles. The molecule has 0 atom stereocenters. The standard InChI is InChI=1S/C13H14N4O2S/c1-9-3-2-4-10(7-9)8-20-13-11(17(18)19)5-6-12(15-13)16-14/h2-7H,8,14H2,1H3,(H,15,16). The Balaban J connectivity index is 2.21. The summed E-state index contributed by atoms with van der Waals surface area (Å²) in [7, 11) is 0. The quantitative estimate of drug-likeness (QED) is 0.380. The molecule has 7 heteroatoms. The van der Waals surface area contributed by atoms with Crippen molar-refractivity contribution in [1.82, 2.24) is 4.98 Å². The van der Waals surface area contributed by atoms with Crippen LogP contribution in [0.4, 0.5) is 11.5 Å². The molecule has 6 nitrogen and oxygen atoms in total. The number of nitrogens with one attached hydrogen (secondary N) is 1. The largest absolute Gasteiger partial charge is 0.308 e. The Hall–Kier alpha value is -2.12. The molecule has 20 heavy (non-hydrogen) atoms. The van der Waals surface area contributed by atoms with Crippen molar-refractivity contribution in [2.24, 2.45) is 5.84 Å². The fraction of sp³-hybridized carbons (Fsp3) is 0.154. The number of anilines is 1. The first kappa shape index (κ1) is 14.3. The number of nitrogens with zero attached hydrogens (tertiary/aromatic N) is 2. The van der Waals surface area contributed by atoms with E-state index >= 15 is 0 Å². The molecule has 2 rings (SSSR count). The molecule has 1 aromatic heterocycles. The van der Waals surface area contributed by atoms with Gasteiger partial charge in [-0.3, -0.25) is 10.1 Å². The van der Waals surface area contributed by atoms with E-state index in [1.165, 1.54) is 23.9 Å². The monoisotopic (exact) mass is 290 g/mol. The Bertz CT molecular complexity index is 634. The van der Waals surface area contributed by atoms with Crippen molar-refractivity contribution < 1.29 is 4.92 Å². The number of rotatable bonds is 5. The van der Waals surface area contributed by atoms with Crippen LogP contribution in [0.3, 0.4) is 0 Å². The number of hydrazine groups is 1. The van der Waals surface area contributed by atoms with Gasteiger partial charge in [-0.15, -0.1) is 0 Å². The molecule has 1 heterocycles. The number of nitrogens with two attached hydrogens (primary N) is 1. The van der Waals surface area contributed by atoms with Gasteiger partial charge in [-0.1, -0.05) is 41.6 Å². The minimum atomic E-state index is -0.439. The van der Waals surface area contributed by atoms with E-state index in [0.29, 0.717) is 16.6 Å². The van der Waals surface area contributed by atoms with Crippen LogP contribution in [-0.2, 0) is 5.75 Å². The lowest BCUT2D eigenvalue weighted by atomic mass is 10.2. The van der Waals surface area contributed by atoms with E-state index in [-0.39, 0.29) is 5.69 Å². The zero-order valence-corrected chi connectivity index (χ0v) is 11.7. The van der Waals surface area contributed by atoms with Gasteiger partial charge in [0.2, 0.25) is 0 Å². The number of hydrogen-bond donors (Lipinski definition) is 2. The average Bonchev–Trinajstić information content (AvgIpc) is 2.44. The summed E-state index contributed by atoms with van der Waals surface area (Å²) in [5.41, 5.74) is 4.63. The number of aryl methyl sites for hydroxylation is 1. The van der Waals surface area contributed by atoms with Gasteiger partial charge < -0.3 is 5.43 Å². The van der Waals surface area contributed by atoms with Crippen molar-refractivity contribution in [1.29, 1.82) is 0 Å². The number of nitrogen functional groups attached to an aromatic ring is 1. The van der Waals surface area contributed by atoms with Crippen LogP contribution in [0, 0.1) is 17.0 Å². The maximum absolute atomic E-state index is 11.0. The van der Waals surface area contributed by atoms with Crippen LogP contribution in [0.5, 0.6) is 0 Å². The van der Waals surface area contributed by atoms with E-state index in [2.05, 4.69) is 10.4 Å². The molecule has 0 spiro atoms. The van der Waals surface area contributed by atoms with Gasteiger partial charge >= 0.3 is 5.69 Å². The zero-order chi connectivity index (χ0) is 14.5. The molecule has 0 saturated heterocycles. The Morgan fingerprint density at radius 1 is 1.40 bits per heavy atom. The number of hydrogen-bond acceptors (Lipinski definition) is 6. The molecular weight excluding hydrogens is 276 g/mol. The van der Waals surface area contributed by atoms with Crippen LogP contribution in [0.2, 0.25) is 0 Å². The van der Waals surface area contributed by atoms with Crippen LogP contribution in [0.15, 0.2) is 41.4 Å². The highest BCUT2D eigenvalue weighted by Crippen LogP contribution is 2.30. The SMILES string of the molecule is Cc1cccc(CSc2nc(NN)ccc2[N+](=O)[O-])c1. The Labute approximate surface area is 120 Å². The topological polar surface area (TPSA) is 94.1 Å². The second-order valence-corrected chi connectivity index (χ2v) is 5.16. The van der Waals surface area contributed by atoms with Crippen molar-refractivity contribution in [2.45, 2.75) is 17.7 Å². The third-order valence-electron chi connectivity index (χ3n) is 2.64. The number of thioether (sulfide) groups is 1. The van der Waals surface area contributed by atoms with Crippen molar-refractivity contribution >= 4 is 23.3 Å². The van der Waals surface area contributed by atoms with Gasteiger partial charge in [-0.2, -0.15) is 0 Å². The third kappa shape index (κ3) is 3.46. The van der Waals surface area contributed by atoms with Crippen molar-refractivity contribution in [3.8, 4) is 0 Å². The molecule has 0 aliphatic rings. The first-order valence-corrected chi connectivity index (χ1v) is 6.89. The first-order valence-electron chi connectivity index (χ1n) is 5.90. The molecule has 0 amide bonds. The summed E-state index contributed by atoms with van der Waals surface area (Å²) in [6.45, 7) is 2.01. The summed E-state index contributed by atoms with van der Waals surface area (Å²) < 4.78 is 0. The van der Waals surface area contributed by atoms with Gasteiger partial charge in [-0.05, 0) is 18.6 Å². The van der Waals surface area contributed by atoms with E-state index in [1.54, 1.807) is 0 Å². The van der Waals surface area contributed by atoms with Crippen molar-refractivity contribution in [3.05, 3.63) is 57.6 Å². The maximum Gasteiger partial charge on any atom is 0.301 e. The van der Waals surface area contributed by atoms with Gasteiger partial charge in [0, 0.05) is 11.8 Å². The lowest BCUT2D eigenvalue weighted by molar-refractivity contribution is -0.388. The number of pyridine rings is 1. The van der Waals surface area contributed by atoms with Crippen LogP contribution in [0.25, 0.3) is 0 Å². The zero-order valence-electron chi connectivity index (χ0n) is 10.9. The summed E-state index contributed by atoms with van der Waals surface area (Å²) in [5, 5.41) is 11.3. The molecule has 0 unspecified atom stereocenters. The highest BCUT2D eigenvalue weighted by Gasteiger charge is 2.16. The lowest BCUT2D eigenvalue weighted by Gasteiger charge is -2.05. The molecule has 104 valence electrons. The summed E-state index contributed by atoms with van der Waals surface area (Å²) >= 11 is 1.32. The first-order chi connectivity index (χ1) is 9.60. The fourth-order valence-electron chi connectivity index (χ4n) is 1.71. The van der Waals surface area contributed by atoms with Crippen LogP contribution < -0.4 is 11.3 Å². The van der Waals surface area contributed by atoms with Crippen molar-refractivity contribution in [3.63, 3.8) is 0 Å². The molecule has 0 aliphatic heterocycles. The molecular formula is C13H14N4O2S. The van der Waals surface area contributed by atoms with E-state index in [0.717, 1.165) is 11.1 Å². The van der Waals surface area contributed by atoms with E-state index in [1.807, 2.05) is 31.2 Å². The number of aromatic nitrogens is 1. The van der Waals surface area contributed by atoms with Gasteiger partial charge in [0.05, 0.1) is 4.92 Å². The Morgan fingerprint density at radius 2 is 2.20 bits per heavy atom. The highest BCUT2D eigenvalue weighted by molar-refractivity contribution is 7.98. The second-order valence-electron chi connectivity index (χ2n) is 4.20. The summed E-state index contributed by atoms with van der Waals surface area (Å²) in [5.74, 6) is 6.30. The predicted octanol–water partition coefficient (Wildman–Crippen LogP) is 2.88. The van der Waals surface area contributed by atoms with Gasteiger partial charge in [0.25, 0.3) is 0 Å².